The van der Waals surface area contributed by atoms with Gasteiger partial charge >= 0.3 is 0 Å². The lowest BCUT2D eigenvalue weighted by molar-refractivity contribution is 0.475. The lowest BCUT2D eigenvalue weighted by atomic mass is 10.0. The topological polar surface area (TPSA) is 33.1 Å². The SMILES string of the molecule is Cc1ccnc2ccc(-c3ccc(O)cc3)cc12. The number of rotatable bonds is 1. The molecule has 0 unspecified atom stereocenters. The third-order valence-corrected chi connectivity index (χ3v) is 3.16. The Balaban J connectivity index is 2.18. The molecule has 2 nitrogen and oxygen atoms in total. The van der Waals surface area contributed by atoms with Gasteiger partial charge in [0.1, 0.15) is 5.75 Å². The molecule has 2 heteroatoms. The Bertz CT molecular complexity index is 702. The predicted octanol–water partition coefficient (Wildman–Crippen LogP) is 3.92. The van der Waals surface area contributed by atoms with Crippen molar-refractivity contribution in [2.75, 3.05) is 0 Å². The van der Waals surface area contributed by atoms with Crippen LogP contribution < -0.4 is 0 Å². The molecule has 0 bridgehead atoms. The quantitative estimate of drug-likeness (QED) is 0.693. The van der Waals surface area contributed by atoms with Crippen molar-refractivity contribution < 1.29 is 5.11 Å². The van der Waals surface area contributed by atoms with Gasteiger partial charge in [0.05, 0.1) is 5.52 Å². The second-order valence-electron chi connectivity index (χ2n) is 4.41. The summed E-state index contributed by atoms with van der Waals surface area (Å²) in [4.78, 5) is 4.35. The number of fused-ring (bicyclic) bond motifs is 1. The second-order valence-corrected chi connectivity index (χ2v) is 4.41. The number of aryl methyl sites for hydroxylation is 1. The molecule has 0 atom stereocenters. The molecule has 0 spiro atoms. The van der Waals surface area contributed by atoms with E-state index in [1.165, 1.54) is 10.9 Å². The Morgan fingerprint density at radius 2 is 1.61 bits per heavy atom. The number of nitrogens with zero attached hydrogens (tertiary/aromatic N) is 1. The first-order chi connectivity index (χ1) is 8.74. The molecule has 0 aliphatic carbocycles. The van der Waals surface area contributed by atoms with Crippen LogP contribution in [0, 0.1) is 6.92 Å². The molecule has 0 saturated carbocycles. The molecule has 3 rings (SSSR count). The number of aromatic hydroxyl groups is 1. The largest absolute Gasteiger partial charge is 0.508 e. The van der Waals surface area contributed by atoms with Crippen LogP contribution in [0.4, 0.5) is 0 Å². The summed E-state index contributed by atoms with van der Waals surface area (Å²) in [5.41, 5.74) is 4.47. The number of pyridine rings is 1. The number of aromatic nitrogens is 1. The monoisotopic (exact) mass is 235 g/mol. The highest BCUT2D eigenvalue weighted by atomic mass is 16.3. The highest BCUT2D eigenvalue weighted by Crippen LogP contribution is 2.26. The third kappa shape index (κ3) is 1.82. The molecule has 0 radical (unpaired) electrons. The van der Waals surface area contributed by atoms with Crippen molar-refractivity contribution in [2.24, 2.45) is 0 Å². The predicted molar refractivity (Wildman–Crippen MR) is 73.6 cm³/mol. The van der Waals surface area contributed by atoms with Gasteiger partial charge in [0.2, 0.25) is 0 Å². The molecule has 0 fully saturated rings. The Morgan fingerprint density at radius 3 is 2.39 bits per heavy atom. The molecule has 1 N–H and O–H groups in total. The van der Waals surface area contributed by atoms with Crippen LogP contribution >= 0.6 is 0 Å². The number of phenols is 1. The molecule has 2 aromatic carbocycles. The standard InChI is InChI=1S/C16H13NO/c1-11-8-9-17-16-7-4-13(10-15(11)16)12-2-5-14(18)6-3-12/h2-10,18H,1H3. The second kappa shape index (κ2) is 4.15. The maximum absolute atomic E-state index is 9.31. The molecular formula is C16H13NO. The highest BCUT2D eigenvalue weighted by molar-refractivity contribution is 5.86. The van der Waals surface area contributed by atoms with E-state index in [2.05, 4.69) is 24.0 Å². The Morgan fingerprint density at radius 1 is 0.889 bits per heavy atom. The summed E-state index contributed by atoms with van der Waals surface area (Å²) in [5, 5.41) is 10.5. The fourth-order valence-corrected chi connectivity index (χ4v) is 2.12. The smallest absolute Gasteiger partial charge is 0.115 e. The maximum atomic E-state index is 9.31. The van der Waals surface area contributed by atoms with Crippen molar-refractivity contribution >= 4 is 10.9 Å². The number of hydrogen-bond donors (Lipinski definition) is 1. The fraction of sp³-hybridized carbons (Fsp3) is 0.0625. The summed E-state index contributed by atoms with van der Waals surface area (Å²) in [6, 6.07) is 15.5. The molecule has 0 saturated heterocycles. The molecular weight excluding hydrogens is 222 g/mol. The summed E-state index contributed by atoms with van der Waals surface area (Å²) in [7, 11) is 0. The number of benzene rings is 2. The van der Waals surface area contributed by atoms with Crippen LogP contribution in [0.25, 0.3) is 22.0 Å². The average molecular weight is 235 g/mol. The zero-order valence-corrected chi connectivity index (χ0v) is 10.1. The normalized spacial score (nSPS) is 10.7. The van der Waals surface area contributed by atoms with Crippen molar-refractivity contribution in [1.82, 2.24) is 4.98 Å². The van der Waals surface area contributed by atoms with Crippen LogP contribution in [0.3, 0.4) is 0 Å². The molecule has 0 aliphatic heterocycles. The van der Waals surface area contributed by atoms with Gasteiger partial charge < -0.3 is 5.11 Å². The van der Waals surface area contributed by atoms with Gasteiger partial charge in [-0.25, -0.2) is 0 Å². The first-order valence-electron chi connectivity index (χ1n) is 5.89. The summed E-state index contributed by atoms with van der Waals surface area (Å²) in [6.45, 7) is 2.09. The molecule has 88 valence electrons. The van der Waals surface area contributed by atoms with Gasteiger partial charge in [-0.05, 0) is 53.9 Å². The fourth-order valence-electron chi connectivity index (χ4n) is 2.12. The van der Waals surface area contributed by atoms with E-state index in [1.54, 1.807) is 12.1 Å². The van der Waals surface area contributed by atoms with E-state index >= 15 is 0 Å². The lowest BCUT2D eigenvalue weighted by Crippen LogP contribution is -1.84. The zero-order chi connectivity index (χ0) is 12.5. The Hall–Kier alpha value is -2.35. The first-order valence-corrected chi connectivity index (χ1v) is 5.89. The first kappa shape index (κ1) is 10.8. The number of phenolic OH excluding ortho intramolecular Hbond substituents is 1. The van der Waals surface area contributed by atoms with Crippen molar-refractivity contribution in [2.45, 2.75) is 6.92 Å². The molecule has 1 aromatic heterocycles. The molecule has 1 heterocycles. The van der Waals surface area contributed by atoms with E-state index in [1.807, 2.05) is 30.5 Å². The molecule has 18 heavy (non-hydrogen) atoms. The van der Waals surface area contributed by atoms with E-state index < -0.39 is 0 Å². The summed E-state index contributed by atoms with van der Waals surface area (Å²) in [5.74, 6) is 0.289. The average Bonchev–Trinajstić information content (AvgIpc) is 2.40. The highest BCUT2D eigenvalue weighted by Gasteiger charge is 2.02. The summed E-state index contributed by atoms with van der Waals surface area (Å²) < 4.78 is 0. The maximum Gasteiger partial charge on any atom is 0.115 e. The van der Waals surface area contributed by atoms with Crippen molar-refractivity contribution in [3.05, 3.63) is 60.3 Å². The minimum Gasteiger partial charge on any atom is -0.508 e. The van der Waals surface area contributed by atoms with Crippen molar-refractivity contribution in [1.29, 1.82) is 0 Å². The van der Waals surface area contributed by atoms with Gasteiger partial charge in [0.15, 0.2) is 0 Å². The van der Waals surface area contributed by atoms with Crippen molar-refractivity contribution in [3.8, 4) is 16.9 Å². The minimum absolute atomic E-state index is 0.289. The Labute approximate surface area is 106 Å². The van der Waals surface area contributed by atoms with E-state index in [4.69, 9.17) is 0 Å². The summed E-state index contributed by atoms with van der Waals surface area (Å²) >= 11 is 0. The van der Waals surface area contributed by atoms with Crippen molar-refractivity contribution in [3.63, 3.8) is 0 Å². The molecule has 3 aromatic rings. The number of hydrogen-bond acceptors (Lipinski definition) is 2. The van der Waals surface area contributed by atoms with Gasteiger partial charge in [-0.2, -0.15) is 0 Å². The molecule has 0 amide bonds. The minimum atomic E-state index is 0.289. The van der Waals surface area contributed by atoms with Crippen LogP contribution in [0.2, 0.25) is 0 Å². The van der Waals surface area contributed by atoms with Gasteiger partial charge in [-0.15, -0.1) is 0 Å². The van der Waals surface area contributed by atoms with Crippen LogP contribution in [0.5, 0.6) is 5.75 Å². The van der Waals surface area contributed by atoms with Gasteiger partial charge in [-0.3, -0.25) is 4.98 Å². The third-order valence-electron chi connectivity index (χ3n) is 3.16. The van der Waals surface area contributed by atoms with Crippen LogP contribution in [0.15, 0.2) is 54.7 Å². The van der Waals surface area contributed by atoms with Crippen LogP contribution in [-0.2, 0) is 0 Å². The van der Waals surface area contributed by atoms with Gasteiger partial charge in [0.25, 0.3) is 0 Å². The zero-order valence-electron chi connectivity index (χ0n) is 10.1. The van der Waals surface area contributed by atoms with Gasteiger partial charge in [0, 0.05) is 11.6 Å². The van der Waals surface area contributed by atoms with Crippen LogP contribution in [-0.4, -0.2) is 10.1 Å². The van der Waals surface area contributed by atoms with E-state index in [0.29, 0.717) is 0 Å². The van der Waals surface area contributed by atoms with Crippen LogP contribution in [0.1, 0.15) is 5.56 Å². The van der Waals surface area contributed by atoms with E-state index in [-0.39, 0.29) is 5.75 Å². The summed E-state index contributed by atoms with van der Waals surface area (Å²) in [6.07, 6.45) is 1.83. The van der Waals surface area contributed by atoms with E-state index in [0.717, 1.165) is 16.6 Å². The Kier molecular flexibility index (Phi) is 2.49. The lowest BCUT2D eigenvalue weighted by Gasteiger charge is -2.06. The van der Waals surface area contributed by atoms with E-state index in [9.17, 15) is 5.11 Å². The van der Waals surface area contributed by atoms with Gasteiger partial charge in [-0.1, -0.05) is 18.2 Å². The molecule has 0 aliphatic rings.